The van der Waals surface area contributed by atoms with E-state index in [9.17, 15) is 4.79 Å². The Morgan fingerprint density at radius 2 is 1.81 bits per heavy atom. The maximum Gasteiger partial charge on any atom is 0.255 e. The van der Waals surface area contributed by atoms with Crippen LogP contribution in [0.5, 0.6) is 0 Å². The van der Waals surface area contributed by atoms with Crippen molar-refractivity contribution < 1.29 is 0 Å². The molecule has 0 saturated heterocycles. The molecule has 0 saturated carbocycles. The van der Waals surface area contributed by atoms with Crippen molar-refractivity contribution in [3.63, 3.8) is 0 Å². The van der Waals surface area contributed by atoms with E-state index in [1.165, 1.54) is 5.56 Å². The fourth-order valence-electron chi connectivity index (χ4n) is 4.00. The molecule has 2 aromatic carbocycles. The van der Waals surface area contributed by atoms with Crippen LogP contribution in [0.3, 0.4) is 0 Å². The fourth-order valence-corrected chi connectivity index (χ4v) is 4.13. The van der Waals surface area contributed by atoms with Gasteiger partial charge in [-0.2, -0.15) is 5.10 Å². The summed E-state index contributed by atoms with van der Waals surface area (Å²) in [6.07, 6.45) is 2.61. The minimum absolute atomic E-state index is 0.0781. The quantitative estimate of drug-likeness (QED) is 0.503. The van der Waals surface area contributed by atoms with E-state index in [2.05, 4.69) is 51.3 Å². The number of H-pyrrole nitrogens is 2. The first-order valence-corrected chi connectivity index (χ1v) is 10.6. The molecule has 1 aliphatic heterocycles. The fraction of sp³-hybridized carbons (Fsp3) is 0.208. The molecule has 4 aromatic rings. The number of nitrogens with zero attached hydrogens (tertiary/aromatic N) is 3. The number of halogens is 1. The van der Waals surface area contributed by atoms with E-state index in [0.717, 1.165) is 53.2 Å². The van der Waals surface area contributed by atoms with E-state index < -0.39 is 0 Å². The average Bonchev–Trinajstić information content (AvgIpc) is 3.23. The Kier molecular flexibility index (Phi) is 5.18. The summed E-state index contributed by atoms with van der Waals surface area (Å²) in [5.74, 6) is 0.588. The topological polar surface area (TPSA) is 77.7 Å². The molecule has 0 unspecified atom stereocenters. The Morgan fingerprint density at radius 3 is 2.58 bits per heavy atom. The number of hydrogen-bond donors (Lipinski definition) is 2. The molecule has 31 heavy (non-hydrogen) atoms. The molecular formula is C24H22ClN5O. The van der Waals surface area contributed by atoms with Gasteiger partial charge in [-0.1, -0.05) is 41.4 Å². The second kappa shape index (κ2) is 8.13. The number of aromatic nitrogens is 4. The van der Waals surface area contributed by atoms with Crippen LogP contribution < -0.4 is 5.56 Å². The van der Waals surface area contributed by atoms with Gasteiger partial charge in [-0.15, -0.1) is 0 Å². The minimum Gasteiger partial charge on any atom is -0.306 e. The van der Waals surface area contributed by atoms with Crippen LogP contribution in [0.4, 0.5) is 0 Å². The highest BCUT2D eigenvalue weighted by molar-refractivity contribution is 6.30. The van der Waals surface area contributed by atoms with Gasteiger partial charge in [-0.3, -0.25) is 14.8 Å². The number of aromatic amines is 2. The predicted molar refractivity (Wildman–Crippen MR) is 122 cm³/mol. The number of aryl methyl sites for hydroxylation is 1. The van der Waals surface area contributed by atoms with Gasteiger partial charge in [0.15, 0.2) is 0 Å². The van der Waals surface area contributed by atoms with Crippen LogP contribution >= 0.6 is 11.6 Å². The standard InChI is InChI=1S/C24H22ClN5O/c1-15-2-4-16(5-3-15)22-18(12-26-29-22)13-30-11-10-21-20(14-30)24(31)28-23(27-21)17-6-8-19(25)9-7-17/h2-9,12H,10-11,13-14H2,1H3,(H,26,29)(H,27,28,31). The van der Waals surface area contributed by atoms with Gasteiger partial charge in [-0.25, -0.2) is 4.98 Å². The Balaban J connectivity index is 1.37. The lowest BCUT2D eigenvalue weighted by atomic mass is 10.0. The van der Waals surface area contributed by atoms with Gasteiger partial charge in [0.2, 0.25) is 0 Å². The molecule has 0 aliphatic carbocycles. The smallest absolute Gasteiger partial charge is 0.255 e. The van der Waals surface area contributed by atoms with Crippen LogP contribution in [0.2, 0.25) is 5.02 Å². The van der Waals surface area contributed by atoms with Crippen LogP contribution in [-0.2, 0) is 19.5 Å². The second-order valence-corrected chi connectivity index (χ2v) is 8.38. The molecule has 0 fully saturated rings. The van der Waals surface area contributed by atoms with E-state index in [0.29, 0.717) is 17.4 Å². The average molecular weight is 432 g/mol. The molecular weight excluding hydrogens is 410 g/mol. The van der Waals surface area contributed by atoms with Crippen LogP contribution in [-0.4, -0.2) is 31.6 Å². The van der Waals surface area contributed by atoms with Gasteiger partial charge in [0.05, 0.1) is 23.1 Å². The van der Waals surface area contributed by atoms with Gasteiger partial charge >= 0.3 is 0 Å². The maximum atomic E-state index is 12.8. The van der Waals surface area contributed by atoms with Gasteiger partial charge in [-0.05, 0) is 36.8 Å². The highest BCUT2D eigenvalue weighted by atomic mass is 35.5. The lowest BCUT2D eigenvalue weighted by Crippen LogP contribution is -2.35. The zero-order valence-electron chi connectivity index (χ0n) is 17.2. The van der Waals surface area contributed by atoms with E-state index >= 15 is 0 Å². The molecule has 7 heteroatoms. The van der Waals surface area contributed by atoms with Gasteiger partial charge in [0.25, 0.3) is 5.56 Å². The second-order valence-electron chi connectivity index (χ2n) is 7.94. The molecule has 0 radical (unpaired) electrons. The Labute approximate surface area is 184 Å². The first-order chi connectivity index (χ1) is 15.1. The molecule has 5 rings (SSSR count). The number of nitrogens with one attached hydrogen (secondary N) is 2. The molecule has 0 spiro atoms. The normalized spacial score (nSPS) is 13.9. The lowest BCUT2D eigenvalue weighted by Gasteiger charge is -2.27. The third kappa shape index (κ3) is 4.04. The number of fused-ring (bicyclic) bond motifs is 1. The third-order valence-corrected chi connectivity index (χ3v) is 5.97. The molecule has 0 amide bonds. The van der Waals surface area contributed by atoms with E-state index in [-0.39, 0.29) is 5.56 Å². The van der Waals surface area contributed by atoms with Crippen molar-refractivity contribution in [3.8, 4) is 22.6 Å². The van der Waals surface area contributed by atoms with Crippen molar-refractivity contribution in [1.29, 1.82) is 0 Å². The SMILES string of the molecule is Cc1ccc(-c2[nH]ncc2CN2CCc3nc(-c4ccc(Cl)cc4)[nH]c(=O)c3C2)cc1. The van der Waals surface area contributed by atoms with Gasteiger partial charge in [0.1, 0.15) is 5.82 Å². The van der Waals surface area contributed by atoms with E-state index in [1.54, 1.807) is 12.1 Å². The molecule has 0 atom stereocenters. The van der Waals surface area contributed by atoms with Crippen molar-refractivity contribution in [1.82, 2.24) is 25.1 Å². The summed E-state index contributed by atoms with van der Waals surface area (Å²) >= 11 is 5.97. The molecule has 2 N–H and O–H groups in total. The minimum atomic E-state index is -0.0781. The van der Waals surface area contributed by atoms with Crippen LogP contribution in [0.25, 0.3) is 22.6 Å². The van der Waals surface area contributed by atoms with Crippen molar-refractivity contribution in [2.24, 2.45) is 0 Å². The zero-order valence-corrected chi connectivity index (χ0v) is 17.9. The first-order valence-electron chi connectivity index (χ1n) is 10.3. The lowest BCUT2D eigenvalue weighted by molar-refractivity contribution is 0.242. The monoisotopic (exact) mass is 431 g/mol. The van der Waals surface area contributed by atoms with E-state index in [1.807, 2.05) is 18.3 Å². The maximum absolute atomic E-state index is 12.8. The highest BCUT2D eigenvalue weighted by Crippen LogP contribution is 2.25. The van der Waals surface area contributed by atoms with Crippen molar-refractivity contribution in [2.45, 2.75) is 26.4 Å². The first kappa shape index (κ1) is 19.7. The highest BCUT2D eigenvalue weighted by Gasteiger charge is 2.23. The van der Waals surface area contributed by atoms with Crippen LogP contribution in [0.15, 0.2) is 59.5 Å². The molecule has 3 heterocycles. The number of rotatable bonds is 4. The summed E-state index contributed by atoms with van der Waals surface area (Å²) in [6, 6.07) is 15.7. The summed E-state index contributed by atoms with van der Waals surface area (Å²) in [6.45, 7) is 4.20. The summed E-state index contributed by atoms with van der Waals surface area (Å²) in [5, 5.41) is 8.04. The van der Waals surface area contributed by atoms with Crippen molar-refractivity contribution in [2.75, 3.05) is 6.54 Å². The summed E-state index contributed by atoms with van der Waals surface area (Å²) in [5.41, 5.74) is 6.87. The summed E-state index contributed by atoms with van der Waals surface area (Å²) in [7, 11) is 0. The predicted octanol–water partition coefficient (Wildman–Crippen LogP) is 4.35. The van der Waals surface area contributed by atoms with E-state index in [4.69, 9.17) is 16.6 Å². The third-order valence-electron chi connectivity index (χ3n) is 5.72. The Hall–Kier alpha value is -3.22. The molecule has 1 aliphatic rings. The van der Waals surface area contributed by atoms with Crippen LogP contribution in [0, 0.1) is 6.92 Å². The van der Waals surface area contributed by atoms with Crippen molar-refractivity contribution >= 4 is 11.6 Å². The number of hydrogen-bond acceptors (Lipinski definition) is 4. The molecule has 6 nitrogen and oxygen atoms in total. The largest absolute Gasteiger partial charge is 0.306 e. The Bertz CT molecular complexity index is 1270. The van der Waals surface area contributed by atoms with Gasteiger partial charge < -0.3 is 4.98 Å². The molecule has 156 valence electrons. The van der Waals surface area contributed by atoms with Crippen molar-refractivity contribution in [3.05, 3.63) is 92.5 Å². The molecule has 2 aromatic heterocycles. The zero-order chi connectivity index (χ0) is 21.4. The number of benzene rings is 2. The summed E-state index contributed by atoms with van der Waals surface area (Å²) in [4.78, 5) is 22.8. The van der Waals surface area contributed by atoms with Gasteiger partial charge in [0, 0.05) is 42.2 Å². The van der Waals surface area contributed by atoms with Crippen LogP contribution in [0.1, 0.15) is 22.4 Å². The summed E-state index contributed by atoms with van der Waals surface area (Å²) < 4.78 is 0. The molecule has 0 bridgehead atoms. The Morgan fingerprint density at radius 1 is 1.06 bits per heavy atom.